The van der Waals surface area contributed by atoms with E-state index in [9.17, 15) is 28.5 Å². The molecule has 0 bridgehead atoms. The van der Waals surface area contributed by atoms with Gasteiger partial charge in [-0.25, -0.2) is 18.6 Å². The number of benzene rings is 2. The zero-order valence-electron chi connectivity index (χ0n) is 21.3. The summed E-state index contributed by atoms with van der Waals surface area (Å²) in [7, 11) is 1.28. The van der Waals surface area contributed by atoms with Gasteiger partial charge in [0.25, 0.3) is 5.91 Å². The summed E-state index contributed by atoms with van der Waals surface area (Å²) in [5, 5.41) is 16.5. The molecular weight excluding hydrogens is 506 g/mol. The molecule has 1 aromatic heterocycles. The zero-order valence-corrected chi connectivity index (χ0v) is 21.3. The Balaban J connectivity index is 1.97. The van der Waals surface area contributed by atoms with Crippen LogP contribution >= 0.6 is 0 Å². The van der Waals surface area contributed by atoms with Crippen molar-refractivity contribution in [2.45, 2.75) is 45.9 Å². The number of halogens is 2. The summed E-state index contributed by atoms with van der Waals surface area (Å²) in [6, 6.07) is 6.84. The van der Waals surface area contributed by atoms with Crippen molar-refractivity contribution in [1.82, 2.24) is 15.6 Å². The molecule has 0 radical (unpaired) electrons. The van der Waals surface area contributed by atoms with E-state index in [-0.39, 0.29) is 46.5 Å². The highest BCUT2D eigenvalue weighted by Gasteiger charge is 2.29. The molecule has 202 valence electrons. The predicted molar refractivity (Wildman–Crippen MR) is 130 cm³/mol. The number of alkyl carbamates (subject to hydrolysis) is 1. The molecule has 1 atom stereocenters. The van der Waals surface area contributed by atoms with E-state index in [1.165, 1.54) is 32.2 Å². The minimum absolute atomic E-state index is 0.000346. The first-order valence-electron chi connectivity index (χ1n) is 11.3. The second-order valence-electron chi connectivity index (χ2n) is 9.22. The van der Waals surface area contributed by atoms with Gasteiger partial charge in [0.2, 0.25) is 5.89 Å². The topological polar surface area (TPSA) is 146 Å². The molecule has 0 saturated heterocycles. The molecule has 2 N–H and O–H groups in total. The third kappa shape index (κ3) is 6.81. The van der Waals surface area contributed by atoms with E-state index in [1.54, 1.807) is 20.8 Å². The van der Waals surface area contributed by atoms with Crippen molar-refractivity contribution in [1.29, 1.82) is 0 Å². The van der Waals surface area contributed by atoms with Gasteiger partial charge in [-0.1, -0.05) is 6.07 Å². The molecule has 0 saturated carbocycles. The standard InChI is InChI=1S/C25H26F2N4O7/c1-13(37-24(33)30-25(2,3)4)21-20(22(32)28-12-15-6-8-16(26)11-17(15)27)29-23(38-21)14-7-9-19(36-5)18(10-14)31(34)35/h6-11,13H,12H2,1-5H3,(H,28,32)(H,30,33)/t13-/m0/s1. The van der Waals surface area contributed by atoms with E-state index in [2.05, 4.69) is 15.6 Å². The monoisotopic (exact) mass is 532 g/mol. The summed E-state index contributed by atoms with van der Waals surface area (Å²) in [6.07, 6.45) is -1.90. The molecule has 3 aromatic rings. The molecule has 0 spiro atoms. The van der Waals surface area contributed by atoms with Gasteiger partial charge in [-0.15, -0.1) is 0 Å². The Morgan fingerprint density at radius 2 is 1.89 bits per heavy atom. The number of carbonyl (C=O) groups excluding carboxylic acids is 2. The molecule has 38 heavy (non-hydrogen) atoms. The van der Waals surface area contributed by atoms with Gasteiger partial charge in [0, 0.05) is 35.3 Å². The third-order valence-corrected chi connectivity index (χ3v) is 5.08. The summed E-state index contributed by atoms with van der Waals surface area (Å²) in [6.45, 7) is 6.38. The number of methoxy groups -OCH3 is 1. The number of nitrogens with zero attached hydrogens (tertiary/aromatic N) is 2. The number of hydrogen-bond acceptors (Lipinski definition) is 8. The van der Waals surface area contributed by atoms with Crippen LogP contribution in [0.15, 0.2) is 40.8 Å². The molecule has 0 aliphatic heterocycles. The average molecular weight is 533 g/mol. The minimum Gasteiger partial charge on any atom is -0.490 e. The molecule has 11 nitrogen and oxygen atoms in total. The van der Waals surface area contributed by atoms with Gasteiger partial charge in [0.05, 0.1) is 12.0 Å². The largest absolute Gasteiger partial charge is 0.490 e. The van der Waals surface area contributed by atoms with Gasteiger partial charge in [0.1, 0.15) is 11.6 Å². The molecule has 2 amide bonds. The van der Waals surface area contributed by atoms with Crippen LogP contribution in [0.5, 0.6) is 5.75 Å². The lowest BCUT2D eigenvalue weighted by Gasteiger charge is -2.21. The maximum Gasteiger partial charge on any atom is 0.408 e. The van der Waals surface area contributed by atoms with E-state index in [0.717, 1.165) is 12.1 Å². The molecule has 0 fully saturated rings. The van der Waals surface area contributed by atoms with Crippen LogP contribution in [0.2, 0.25) is 0 Å². The smallest absolute Gasteiger partial charge is 0.408 e. The van der Waals surface area contributed by atoms with Crippen LogP contribution in [0, 0.1) is 21.7 Å². The highest BCUT2D eigenvalue weighted by Crippen LogP contribution is 2.34. The number of rotatable bonds is 8. The molecule has 0 unspecified atom stereocenters. The second-order valence-corrected chi connectivity index (χ2v) is 9.22. The van der Waals surface area contributed by atoms with Crippen molar-refractivity contribution in [3.8, 4) is 17.2 Å². The summed E-state index contributed by atoms with van der Waals surface area (Å²) in [5.41, 5.74) is -1.10. The van der Waals surface area contributed by atoms with Crippen molar-refractivity contribution >= 4 is 17.7 Å². The van der Waals surface area contributed by atoms with E-state index in [0.29, 0.717) is 6.07 Å². The van der Waals surface area contributed by atoms with Crippen molar-refractivity contribution < 1.29 is 37.2 Å². The Labute approximate surface area is 216 Å². The van der Waals surface area contributed by atoms with Crippen LogP contribution in [-0.4, -0.2) is 34.6 Å². The highest BCUT2D eigenvalue weighted by molar-refractivity contribution is 5.94. The first-order valence-corrected chi connectivity index (χ1v) is 11.3. The first kappa shape index (κ1) is 28.0. The fourth-order valence-electron chi connectivity index (χ4n) is 3.33. The van der Waals surface area contributed by atoms with Gasteiger partial charge in [-0.2, -0.15) is 0 Å². The van der Waals surface area contributed by atoms with Crippen molar-refractivity contribution in [2.75, 3.05) is 7.11 Å². The molecule has 2 aromatic carbocycles. The van der Waals surface area contributed by atoms with E-state index in [4.69, 9.17) is 13.9 Å². The van der Waals surface area contributed by atoms with Crippen LogP contribution in [0.1, 0.15) is 55.6 Å². The van der Waals surface area contributed by atoms with Crippen LogP contribution in [-0.2, 0) is 11.3 Å². The maximum absolute atomic E-state index is 14.0. The van der Waals surface area contributed by atoms with Crippen LogP contribution in [0.3, 0.4) is 0 Å². The van der Waals surface area contributed by atoms with Crippen molar-refractivity contribution in [2.24, 2.45) is 0 Å². The number of amides is 2. The van der Waals surface area contributed by atoms with Gasteiger partial charge >= 0.3 is 11.8 Å². The fraction of sp³-hybridized carbons (Fsp3) is 0.320. The Bertz CT molecular complexity index is 1370. The fourth-order valence-corrected chi connectivity index (χ4v) is 3.33. The Morgan fingerprint density at radius 3 is 2.50 bits per heavy atom. The minimum atomic E-state index is -1.12. The molecule has 0 aliphatic carbocycles. The lowest BCUT2D eigenvalue weighted by molar-refractivity contribution is -0.385. The van der Waals surface area contributed by atoms with Gasteiger partial charge < -0.3 is 24.5 Å². The normalized spacial score (nSPS) is 12.0. The third-order valence-electron chi connectivity index (χ3n) is 5.08. The zero-order chi connectivity index (χ0) is 28.2. The predicted octanol–water partition coefficient (Wildman–Crippen LogP) is 5.05. The van der Waals surface area contributed by atoms with Gasteiger partial charge in [-0.05, 0) is 45.9 Å². The van der Waals surface area contributed by atoms with E-state index in [1.807, 2.05) is 0 Å². The summed E-state index contributed by atoms with van der Waals surface area (Å²) >= 11 is 0. The Kier molecular flexibility index (Phi) is 8.29. The SMILES string of the molecule is COc1ccc(-c2nc(C(=O)NCc3ccc(F)cc3F)c([C@H](C)OC(=O)NC(C)(C)C)o2)cc1[N+](=O)[O-]. The molecular formula is C25H26F2N4O7. The number of aromatic nitrogens is 1. The number of ether oxygens (including phenoxy) is 2. The van der Waals surface area contributed by atoms with Crippen LogP contribution in [0.4, 0.5) is 19.3 Å². The van der Waals surface area contributed by atoms with E-state index < -0.39 is 40.2 Å². The lowest BCUT2D eigenvalue weighted by atomic mass is 10.1. The molecule has 0 aliphatic rings. The summed E-state index contributed by atoms with van der Waals surface area (Å²) in [4.78, 5) is 40.3. The Hall–Kier alpha value is -4.55. The highest BCUT2D eigenvalue weighted by atomic mass is 19.1. The average Bonchev–Trinajstić information content (AvgIpc) is 3.27. The first-order chi connectivity index (χ1) is 17.8. The number of hydrogen-bond donors (Lipinski definition) is 2. The second kappa shape index (κ2) is 11.2. The Morgan fingerprint density at radius 1 is 1.18 bits per heavy atom. The number of oxazole rings is 1. The van der Waals surface area contributed by atoms with Crippen molar-refractivity contribution in [3.05, 3.63) is 75.2 Å². The summed E-state index contributed by atoms with van der Waals surface area (Å²) < 4.78 is 43.3. The van der Waals surface area contributed by atoms with Crippen molar-refractivity contribution in [3.63, 3.8) is 0 Å². The number of nitro groups is 1. The lowest BCUT2D eigenvalue weighted by Crippen LogP contribution is -2.41. The molecule has 1 heterocycles. The maximum atomic E-state index is 14.0. The number of carbonyl (C=O) groups is 2. The number of nitrogens with one attached hydrogen (secondary N) is 2. The molecule has 13 heteroatoms. The quantitative estimate of drug-likeness (QED) is 0.303. The molecule has 3 rings (SSSR count). The van der Waals surface area contributed by atoms with E-state index >= 15 is 0 Å². The van der Waals surface area contributed by atoms with Gasteiger partial charge in [-0.3, -0.25) is 14.9 Å². The summed E-state index contributed by atoms with van der Waals surface area (Å²) in [5.74, 6) is -2.76. The van der Waals surface area contributed by atoms with Crippen LogP contribution < -0.4 is 15.4 Å². The van der Waals surface area contributed by atoms with Crippen LogP contribution in [0.25, 0.3) is 11.5 Å². The van der Waals surface area contributed by atoms with Gasteiger partial charge in [0.15, 0.2) is 23.3 Å². The number of nitro benzene ring substituents is 1.